The predicted molar refractivity (Wildman–Crippen MR) is 76.3 cm³/mol. The monoisotopic (exact) mass is 263 g/mol. The van der Waals surface area contributed by atoms with Crippen LogP contribution < -0.4 is 0 Å². The van der Waals surface area contributed by atoms with Crippen molar-refractivity contribution in [3.63, 3.8) is 0 Å². The minimum absolute atomic E-state index is 0.252. The van der Waals surface area contributed by atoms with E-state index in [0.29, 0.717) is 13.2 Å². The lowest BCUT2D eigenvalue weighted by Gasteiger charge is -2.06. The number of carbonyl (C=O) groups excluding carboxylic acids is 1. The average Bonchev–Trinajstić information content (AvgIpc) is 2.75. The number of carbonyl (C=O) groups is 1. The molecule has 0 saturated carbocycles. The zero-order valence-electron chi connectivity index (χ0n) is 11.9. The van der Waals surface area contributed by atoms with Crippen molar-refractivity contribution in [2.45, 2.75) is 34.2 Å². The van der Waals surface area contributed by atoms with Crippen molar-refractivity contribution < 1.29 is 14.6 Å². The van der Waals surface area contributed by atoms with E-state index in [9.17, 15) is 9.90 Å². The summed E-state index contributed by atoms with van der Waals surface area (Å²) >= 11 is 0. The molecule has 0 aliphatic heterocycles. The summed E-state index contributed by atoms with van der Waals surface area (Å²) in [5.74, 6) is -0.0251. The number of hydrogen-bond donors (Lipinski definition) is 1. The largest absolute Gasteiger partial charge is 0.508 e. The Labute approximate surface area is 113 Å². The Balaban J connectivity index is 0.000000861. The number of benzene rings is 1. The van der Waals surface area contributed by atoms with Gasteiger partial charge in [-0.25, -0.2) is 0 Å². The molecule has 1 aromatic heterocycles. The fourth-order valence-corrected chi connectivity index (χ4v) is 1.94. The molecule has 4 heteroatoms. The molecule has 0 aliphatic carbocycles. The number of fused-ring (bicyclic) bond motifs is 1. The molecule has 1 N–H and O–H groups in total. The zero-order valence-corrected chi connectivity index (χ0v) is 11.9. The van der Waals surface area contributed by atoms with E-state index in [0.717, 1.165) is 16.5 Å². The third-order valence-corrected chi connectivity index (χ3v) is 2.72. The van der Waals surface area contributed by atoms with Crippen LogP contribution in [0.3, 0.4) is 0 Å². The topological polar surface area (TPSA) is 51.5 Å². The lowest BCUT2D eigenvalue weighted by atomic mass is 10.1. The van der Waals surface area contributed by atoms with Crippen molar-refractivity contribution in [1.29, 1.82) is 0 Å². The van der Waals surface area contributed by atoms with Gasteiger partial charge in [-0.2, -0.15) is 0 Å². The van der Waals surface area contributed by atoms with Crippen molar-refractivity contribution in [3.05, 3.63) is 30.0 Å². The highest BCUT2D eigenvalue weighted by Crippen LogP contribution is 2.25. The fourth-order valence-electron chi connectivity index (χ4n) is 1.94. The van der Waals surface area contributed by atoms with E-state index in [4.69, 9.17) is 4.74 Å². The molecule has 1 aromatic carbocycles. The molecule has 2 aromatic rings. The van der Waals surface area contributed by atoms with Gasteiger partial charge in [0.05, 0.1) is 12.1 Å². The highest BCUT2D eigenvalue weighted by Gasteiger charge is 2.05. The number of aromatic hydroxyl groups is 1. The summed E-state index contributed by atoms with van der Waals surface area (Å²) in [6, 6.07) is 5.45. The standard InChI is InChI=1S/C13H15NO3.C2H6/c1-9-7-11(16)8-13-12(9)3-4-14(13)5-6-17-10(2)15;1-2/h3-4,7-8,16H,5-6H2,1-2H3;1-2H3. The normalized spacial score (nSPS) is 9.89. The van der Waals surface area contributed by atoms with Crippen LogP contribution in [0.1, 0.15) is 26.3 Å². The van der Waals surface area contributed by atoms with E-state index in [1.54, 1.807) is 12.1 Å². The molecule has 0 fully saturated rings. The summed E-state index contributed by atoms with van der Waals surface area (Å²) in [6.45, 7) is 8.28. The van der Waals surface area contributed by atoms with Crippen LogP contribution in [0.2, 0.25) is 0 Å². The van der Waals surface area contributed by atoms with Crippen LogP contribution >= 0.6 is 0 Å². The second kappa shape index (κ2) is 6.83. The molecule has 0 atom stereocenters. The van der Waals surface area contributed by atoms with E-state index >= 15 is 0 Å². The van der Waals surface area contributed by atoms with Crippen molar-refractivity contribution in [1.82, 2.24) is 4.57 Å². The Kier molecular flexibility index (Phi) is 5.42. The van der Waals surface area contributed by atoms with Gasteiger partial charge >= 0.3 is 5.97 Å². The second-order valence-corrected chi connectivity index (χ2v) is 4.04. The van der Waals surface area contributed by atoms with Gasteiger partial charge in [-0.1, -0.05) is 13.8 Å². The number of esters is 1. The van der Waals surface area contributed by atoms with Gasteiger partial charge in [0.15, 0.2) is 0 Å². The summed E-state index contributed by atoms with van der Waals surface area (Å²) in [5.41, 5.74) is 1.99. The van der Waals surface area contributed by atoms with Crippen LogP contribution in [0.25, 0.3) is 10.9 Å². The smallest absolute Gasteiger partial charge is 0.302 e. The highest BCUT2D eigenvalue weighted by molar-refractivity contribution is 5.85. The molecule has 0 radical (unpaired) electrons. The van der Waals surface area contributed by atoms with Gasteiger partial charge in [-0.05, 0) is 24.6 Å². The Morgan fingerprint density at radius 3 is 2.68 bits per heavy atom. The van der Waals surface area contributed by atoms with Gasteiger partial charge in [0.1, 0.15) is 12.4 Å². The van der Waals surface area contributed by atoms with Crippen molar-refractivity contribution in [3.8, 4) is 5.75 Å². The minimum Gasteiger partial charge on any atom is -0.508 e. The third-order valence-electron chi connectivity index (χ3n) is 2.72. The molecule has 2 rings (SSSR count). The Morgan fingerprint density at radius 2 is 2.05 bits per heavy atom. The van der Waals surface area contributed by atoms with E-state index in [1.807, 2.05) is 37.6 Å². The number of phenols is 1. The molecule has 4 nitrogen and oxygen atoms in total. The summed E-state index contributed by atoms with van der Waals surface area (Å²) < 4.78 is 6.87. The number of rotatable bonds is 3. The quantitative estimate of drug-likeness (QED) is 0.865. The van der Waals surface area contributed by atoms with Crippen molar-refractivity contribution in [2.75, 3.05) is 6.61 Å². The SMILES string of the molecule is CC.CC(=O)OCCn1ccc2c(C)cc(O)cc21. The number of hydrogen-bond acceptors (Lipinski definition) is 3. The number of phenolic OH excluding ortho intramolecular Hbond substituents is 1. The molecule has 0 saturated heterocycles. The molecule has 0 spiro atoms. The Morgan fingerprint density at radius 1 is 1.37 bits per heavy atom. The Bertz CT molecular complexity index is 558. The summed E-state index contributed by atoms with van der Waals surface area (Å²) in [6.07, 6.45) is 1.93. The van der Waals surface area contributed by atoms with Gasteiger partial charge in [0.25, 0.3) is 0 Å². The highest BCUT2D eigenvalue weighted by atomic mass is 16.5. The third kappa shape index (κ3) is 3.74. The summed E-state index contributed by atoms with van der Waals surface area (Å²) in [4.78, 5) is 10.7. The predicted octanol–water partition coefficient (Wildman–Crippen LogP) is 3.24. The van der Waals surface area contributed by atoms with Gasteiger partial charge in [0, 0.05) is 24.6 Å². The van der Waals surface area contributed by atoms with Gasteiger partial charge in [-0.15, -0.1) is 0 Å². The number of nitrogens with zero attached hydrogens (tertiary/aromatic N) is 1. The fraction of sp³-hybridized carbons (Fsp3) is 0.400. The first kappa shape index (κ1) is 15.1. The van der Waals surface area contributed by atoms with Gasteiger partial charge < -0.3 is 14.4 Å². The molecule has 19 heavy (non-hydrogen) atoms. The van der Waals surface area contributed by atoms with Crippen LogP contribution in [0, 0.1) is 6.92 Å². The molecule has 0 aliphatic rings. The van der Waals surface area contributed by atoms with E-state index < -0.39 is 0 Å². The lowest BCUT2D eigenvalue weighted by Crippen LogP contribution is -2.07. The molecule has 0 unspecified atom stereocenters. The number of aromatic nitrogens is 1. The first-order valence-electron chi connectivity index (χ1n) is 6.50. The summed E-state index contributed by atoms with van der Waals surface area (Å²) in [5, 5.41) is 10.7. The maximum atomic E-state index is 10.7. The van der Waals surface area contributed by atoms with Gasteiger partial charge in [-0.3, -0.25) is 4.79 Å². The molecular formula is C15H21NO3. The van der Waals surface area contributed by atoms with E-state index in [-0.39, 0.29) is 11.7 Å². The van der Waals surface area contributed by atoms with Gasteiger partial charge in [0.2, 0.25) is 0 Å². The maximum Gasteiger partial charge on any atom is 0.302 e. The molecule has 104 valence electrons. The van der Waals surface area contributed by atoms with Crippen molar-refractivity contribution in [2.24, 2.45) is 0 Å². The van der Waals surface area contributed by atoms with Crippen LogP contribution in [0.15, 0.2) is 24.4 Å². The van der Waals surface area contributed by atoms with Crippen LogP contribution in [-0.2, 0) is 16.1 Å². The molecule has 0 amide bonds. The first-order chi connectivity index (χ1) is 9.08. The van der Waals surface area contributed by atoms with Crippen LogP contribution in [0.5, 0.6) is 5.75 Å². The lowest BCUT2D eigenvalue weighted by molar-refractivity contribution is -0.141. The zero-order chi connectivity index (χ0) is 14.4. The second-order valence-electron chi connectivity index (χ2n) is 4.04. The summed E-state index contributed by atoms with van der Waals surface area (Å²) in [7, 11) is 0. The van der Waals surface area contributed by atoms with Crippen LogP contribution in [-0.4, -0.2) is 22.2 Å². The molecular weight excluding hydrogens is 242 g/mol. The van der Waals surface area contributed by atoms with Crippen LogP contribution in [0.4, 0.5) is 0 Å². The molecule has 0 bridgehead atoms. The number of ether oxygens (including phenoxy) is 1. The first-order valence-corrected chi connectivity index (χ1v) is 6.50. The van der Waals surface area contributed by atoms with Crippen molar-refractivity contribution >= 4 is 16.9 Å². The number of aryl methyl sites for hydroxylation is 1. The maximum absolute atomic E-state index is 10.7. The minimum atomic E-state index is -0.277. The average molecular weight is 263 g/mol. The molecule has 1 heterocycles. The van der Waals surface area contributed by atoms with E-state index in [2.05, 4.69) is 0 Å². The Hall–Kier alpha value is -1.97. The van der Waals surface area contributed by atoms with E-state index in [1.165, 1.54) is 6.92 Å².